The minimum atomic E-state index is -0.203. The van der Waals surface area contributed by atoms with Crippen LogP contribution in [0.3, 0.4) is 0 Å². The van der Waals surface area contributed by atoms with Crippen LogP contribution in [0.25, 0.3) is 0 Å². The van der Waals surface area contributed by atoms with Gasteiger partial charge in [0.1, 0.15) is 17.3 Å². The maximum absolute atomic E-state index is 12.2. The fourth-order valence-corrected chi connectivity index (χ4v) is 3.39. The van der Waals surface area contributed by atoms with E-state index in [9.17, 15) is 4.79 Å². The number of furan rings is 1. The number of hydrogen-bond donors (Lipinski definition) is 1. The van der Waals surface area contributed by atoms with E-state index >= 15 is 0 Å². The number of nitrogens with zero attached hydrogens (tertiary/aromatic N) is 1. The van der Waals surface area contributed by atoms with Gasteiger partial charge < -0.3 is 19.2 Å². The number of ether oxygens (including phenoxy) is 2. The lowest BCUT2D eigenvalue weighted by Gasteiger charge is -2.23. The quantitative estimate of drug-likeness (QED) is 0.516. The van der Waals surface area contributed by atoms with Gasteiger partial charge in [0.05, 0.1) is 20.8 Å². The maximum Gasteiger partial charge on any atom is 0.287 e. The maximum atomic E-state index is 12.2. The SMILES string of the molecule is COc1ccc(OC)c(CN(Cc2ccccc2)Cc2ccc(C(=O)NC(C)C)o2)c1. The molecule has 0 spiro atoms. The van der Waals surface area contributed by atoms with E-state index in [1.165, 1.54) is 5.56 Å². The van der Waals surface area contributed by atoms with Crippen molar-refractivity contribution in [2.24, 2.45) is 0 Å². The molecule has 0 aliphatic rings. The van der Waals surface area contributed by atoms with E-state index in [1.54, 1.807) is 20.3 Å². The van der Waals surface area contributed by atoms with E-state index in [0.29, 0.717) is 18.8 Å². The molecule has 0 bridgehead atoms. The summed E-state index contributed by atoms with van der Waals surface area (Å²) in [5, 5.41) is 2.86. The van der Waals surface area contributed by atoms with Gasteiger partial charge in [-0.3, -0.25) is 9.69 Å². The van der Waals surface area contributed by atoms with Gasteiger partial charge in [0.2, 0.25) is 0 Å². The lowest BCUT2D eigenvalue weighted by atomic mass is 10.1. The van der Waals surface area contributed by atoms with Crippen molar-refractivity contribution in [3.8, 4) is 11.5 Å². The molecule has 0 unspecified atom stereocenters. The predicted molar refractivity (Wildman–Crippen MR) is 120 cm³/mol. The number of hydrogen-bond acceptors (Lipinski definition) is 5. The molecule has 2 aromatic carbocycles. The van der Waals surface area contributed by atoms with Crippen molar-refractivity contribution in [2.75, 3.05) is 14.2 Å². The van der Waals surface area contributed by atoms with E-state index in [0.717, 1.165) is 29.4 Å². The number of rotatable bonds is 10. The Morgan fingerprint density at radius 2 is 1.74 bits per heavy atom. The molecule has 3 rings (SSSR count). The van der Waals surface area contributed by atoms with Crippen LogP contribution in [-0.2, 0) is 19.6 Å². The van der Waals surface area contributed by atoms with Gasteiger partial charge in [0.15, 0.2) is 5.76 Å². The number of methoxy groups -OCH3 is 2. The van der Waals surface area contributed by atoms with Crippen LogP contribution in [-0.4, -0.2) is 31.1 Å². The van der Waals surface area contributed by atoms with Crippen molar-refractivity contribution >= 4 is 5.91 Å². The second kappa shape index (κ2) is 10.7. The van der Waals surface area contributed by atoms with Crippen LogP contribution < -0.4 is 14.8 Å². The molecule has 0 fully saturated rings. The van der Waals surface area contributed by atoms with Gasteiger partial charge in [-0.2, -0.15) is 0 Å². The minimum absolute atomic E-state index is 0.0520. The van der Waals surface area contributed by atoms with Gasteiger partial charge in [-0.25, -0.2) is 0 Å². The van der Waals surface area contributed by atoms with Crippen molar-refractivity contribution in [3.05, 3.63) is 83.3 Å². The summed E-state index contributed by atoms with van der Waals surface area (Å²) in [7, 11) is 3.32. The largest absolute Gasteiger partial charge is 0.497 e. The Morgan fingerprint density at radius 1 is 0.968 bits per heavy atom. The zero-order valence-electron chi connectivity index (χ0n) is 18.6. The predicted octanol–water partition coefficient (Wildman–Crippen LogP) is 4.64. The van der Waals surface area contributed by atoms with Crippen LogP contribution in [0.15, 0.2) is 65.1 Å². The summed E-state index contributed by atoms with van der Waals surface area (Å²) in [6.45, 7) is 5.73. The topological polar surface area (TPSA) is 63.9 Å². The molecule has 31 heavy (non-hydrogen) atoms. The van der Waals surface area contributed by atoms with Crippen molar-refractivity contribution < 1.29 is 18.7 Å². The highest BCUT2D eigenvalue weighted by Crippen LogP contribution is 2.27. The van der Waals surface area contributed by atoms with Gasteiger partial charge in [0, 0.05) is 24.7 Å². The molecule has 0 aliphatic heterocycles. The Hall–Kier alpha value is -3.25. The van der Waals surface area contributed by atoms with Crippen LogP contribution in [0.4, 0.5) is 0 Å². The summed E-state index contributed by atoms with van der Waals surface area (Å²) in [5.74, 6) is 2.43. The van der Waals surface area contributed by atoms with Gasteiger partial charge in [-0.05, 0) is 49.7 Å². The molecule has 1 heterocycles. The molecule has 0 radical (unpaired) electrons. The zero-order chi connectivity index (χ0) is 22.2. The molecule has 6 heteroatoms. The summed E-state index contributed by atoms with van der Waals surface area (Å²) in [4.78, 5) is 14.5. The second-order valence-electron chi connectivity index (χ2n) is 7.70. The fraction of sp³-hybridized carbons (Fsp3) is 0.320. The molecule has 0 aliphatic carbocycles. The Labute approximate surface area is 183 Å². The fourth-order valence-electron chi connectivity index (χ4n) is 3.39. The first-order valence-corrected chi connectivity index (χ1v) is 10.3. The summed E-state index contributed by atoms with van der Waals surface area (Å²) >= 11 is 0. The van der Waals surface area contributed by atoms with Crippen LogP contribution in [0.5, 0.6) is 11.5 Å². The number of carbonyl (C=O) groups excluding carboxylic acids is 1. The standard InChI is InChI=1S/C25H30N2O4/c1-18(2)26-25(28)24-13-11-22(31-24)17-27(15-19-8-6-5-7-9-19)16-20-14-21(29-3)10-12-23(20)30-4/h5-14,18H,15-17H2,1-4H3,(H,26,28). The van der Waals surface area contributed by atoms with Gasteiger partial charge in [0.25, 0.3) is 5.91 Å². The third-order valence-corrected chi connectivity index (χ3v) is 4.82. The Morgan fingerprint density at radius 3 is 2.42 bits per heavy atom. The number of benzene rings is 2. The average Bonchev–Trinajstić information content (AvgIpc) is 3.22. The monoisotopic (exact) mass is 422 g/mol. The highest BCUT2D eigenvalue weighted by atomic mass is 16.5. The number of nitrogens with one attached hydrogen (secondary N) is 1. The highest BCUT2D eigenvalue weighted by molar-refractivity contribution is 5.91. The van der Waals surface area contributed by atoms with Crippen LogP contribution in [0.2, 0.25) is 0 Å². The Bertz CT molecular complexity index is 982. The third-order valence-electron chi connectivity index (χ3n) is 4.82. The molecular formula is C25H30N2O4. The molecule has 1 aromatic heterocycles. The van der Waals surface area contributed by atoms with Crippen molar-refractivity contribution in [2.45, 2.75) is 39.5 Å². The summed E-state index contributed by atoms with van der Waals surface area (Å²) in [6, 6.07) is 19.7. The average molecular weight is 423 g/mol. The first kappa shape index (κ1) is 22.4. The van der Waals surface area contributed by atoms with E-state index in [2.05, 4.69) is 22.3 Å². The van der Waals surface area contributed by atoms with Crippen LogP contribution in [0, 0.1) is 0 Å². The molecular weight excluding hydrogens is 392 g/mol. The molecule has 0 saturated carbocycles. The molecule has 0 saturated heterocycles. The lowest BCUT2D eigenvalue weighted by molar-refractivity contribution is 0.0910. The van der Waals surface area contributed by atoms with E-state index < -0.39 is 0 Å². The van der Waals surface area contributed by atoms with E-state index in [-0.39, 0.29) is 11.9 Å². The molecule has 1 amide bonds. The van der Waals surface area contributed by atoms with Gasteiger partial charge >= 0.3 is 0 Å². The normalized spacial score (nSPS) is 11.0. The smallest absolute Gasteiger partial charge is 0.287 e. The molecule has 1 N–H and O–H groups in total. The summed E-state index contributed by atoms with van der Waals surface area (Å²) < 4.78 is 16.8. The summed E-state index contributed by atoms with van der Waals surface area (Å²) in [5.41, 5.74) is 2.20. The Kier molecular flexibility index (Phi) is 7.73. The first-order valence-electron chi connectivity index (χ1n) is 10.3. The van der Waals surface area contributed by atoms with Gasteiger partial charge in [-0.15, -0.1) is 0 Å². The molecule has 6 nitrogen and oxygen atoms in total. The summed E-state index contributed by atoms with van der Waals surface area (Å²) in [6.07, 6.45) is 0. The van der Waals surface area contributed by atoms with Crippen LogP contribution in [0.1, 0.15) is 41.3 Å². The lowest BCUT2D eigenvalue weighted by Crippen LogP contribution is -2.29. The first-order chi connectivity index (χ1) is 15.0. The minimum Gasteiger partial charge on any atom is -0.497 e. The van der Waals surface area contributed by atoms with E-state index in [4.69, 9.17) is 13.9 Å². The number of amides is 1. The third kappa shape index (κ3) is 6.36. The van der Waals surface area contributed by atoms with Crippen molar-refractivity contribution in [1.82, 2.24) is 10.2 Å². The Balaban J connectivity index is 1.82. The van der Waals surface area contributed by atoms with Crippen LogP contribution >= 0.6 is 0 Å². The van der Waals surface area contributed by atoms with Crippen molar-refractivity contribution in [1.29, 1.82) is 0 Å². The molecule has 164 valence electrons. The van der Waals surface area contributed by atoms with E-state index in [1.807, 2.05) is 56.3 Å². The zero-order valence-corrected chi connectivity index (χ0v) is 18.6. The highest BCUT2D eigenvalue weighted by Gasteiger charge is 2.17. The molecule has 3 aromatic rings. The second-order valence-corrected chi connectivity index (χ2v) is 7.70. The van der Waals surface area contributed by atoms with Gasteiger partial charge in [-0.1, -0.05) is 30.3 Å². The number of carbonyl (C=O) groups is 1. The molecule has 0 atom stereocenters. The van der Waals surface area contributed by atoms with Crippen molar-refractivity contribution in [3.63, 3.8) is 0 Å².